The SMILES string of the molecule is CC(C)=CC1C(C(=O)Nc2ccc3c(c2)C(=O)c2ccccc2-3)C1(C)C. The third kappa shape index (κ3) is 2.50. The molecule has 0 radical (unpaired) electrons. The van der Waals surface area contributed by atoms with Crippen LogP contribution in [0.1, 0.15) is 43.6 Å². The van der Waals surface area contributed by atoms with Gasteiger partial charge in [-0.2, -0.15) is 0 Å². The number of carbonyl (C=O) groups excluding carboxylic acids is 2. The van der Waals surface area contributed by atoms with Crippen molar-refractivity contribution in [1.29, 1.82) is 0 Å². The van der Waals surface area contributed by atoms with E-state index in [1.807, 2.05) is 36.4 Å². The number of rotatable bonds is 3. The number of ketones is 1. The molecule has 2 aliphatic carbocycles. The number of nitrogens with one attached hydrogen (secondary N) is 1. The minimum Gasteiger partial charge on any atom is -0.326 e. The molecule has 0 aliphatic heterocycles. The van der Waals surface area contributed by atoms with Gasteiger partial charge in [0.15, 0.2) is 5.78 Å². The largest absolute Gasteiger partial charge is 0.326 e. The molecule has 1 saturated carbocycles. The van der Waals surface area contributed by atoms with Gasteiger partial charge in [0.1, 0.15) is 0 Å². The van der Waals surface area contributed by atoms with Gasteiger partial charge in [-0.3, -0.25) is 9.59 Å². The predicted molar refractivity (Wildman–Crippen MR) is 104 cm³/mol. The number of amides is 1. The molecule has 0 spiro atoms. The highest BCUT2D eigenvalue weighted by atomic mass is 16.2. The van der Waals surface area contributed by atoms with Gasteiger partial charge in [0, 0.05) is 16.8 Å². The Morgan fingerprint density at radius 1 is 1.00 bits per heavy atom. The molecule has 2 aliphatic rings. The Labute approximate surface area is 154 Å². The molecule has 2 atom stereocenters. The van der Waals surface area contributed by atoms with Crippen LogP contribution >= 0.6 is 0 Å². The van der Waals surface area contributed by atoms with Crippen LogP contribution < -0.4 is 5.32 Å². The fraction of sp³-hybridized carbons (Fsp3) is 0.304. The van der Waals surface area contributed by atoms with E-state index in [1.54, 1.807) is 6.07 Å². The van der Waals surface area contributed by atoms with Crippen molar-refractivity contribution in [3.8, 4) is 11.1 Å². The van der Waals surface area contributed by atoms with Crippen LogP contribution in [0.2, 0.25) is 0 Å². The fourth-order valence-corrected chi connectivity index (χ4v) is 4.17. The number of anilines is 1. The molecule has 26 heavy (non-hydrogen) atoms. The van der Waals surface area contributed by atoms with E-state index in [0.717, 1.165) is 16.7 Å². The smallest absolute Gasteiger partial charge is 0.228 e. The van der Waals surface area contributed by atoms with E-state index in [4.69, 9.17) is 0 Å². The third-order valence-electron chi connectivity index (χ3n) is 5.70. The summed E-state index contributed by atoms with van der Waals surface area (Å²) in [5.41, 5.74) is 5.21. The van der Waals surface area contributed by atoms with Gasteiger partial charge in [-0.05, 0) is 48.4 Å². The van der Waals surface area contributed by atoms with Crippen LogP contribution in [0.3, 0.4) is 0 Å². The second-order valence-electron chi connectivity index (χ2n) is 8.19. The highest BCUT2D eigenvalue weighted by Crippen LogP contribution is 2.59. The summed E-state index contributed by atoms with van der Waals surface area (Å²) in [6, 6.07) is 13.3. The van der Waals surface area contributed by atoms with E-state index in [9.17, 15) is 9.59 Å². The van der Waals surface area contributed by atoms with Gasteiger partial charge in [0.25, 0.3) is 0 Å². The maximum absolute atomic E-state index is 12.8. The molecule has 4 rings (SSSR count). The topological polar surface area (TPSA) is 46.2 Å². The van der Waals surface area contributed by atoms with Crippen molar-refractivity contribution in [3.05, 3.63) is 65.2 Å². The highest BCUT2D eigenvalue weighted by molar-refractivity contribution is 6.22. The van der Waals surface area contributed by atoms with Crippen molar-refractivity contribution in [2.45, 2.75) is 27.7 Å². The second kappa shape index (κ2) is 5.66. The van der Waals surface area contributed by atoms with Crippen LogP contribution in [0.15, 0.2) is 54.1 Å². The Hall–Kier alpha value is -2.68. The van der Waals surface area contributed by atoms with E-state index >= 15 is 0 Å². The lowest BCUT2D eigenvalue weighted by Crippen LogP contribution is -2.17. The summed E-state index contributed by atoms with van der Waals surface area (Å²) in [4.78, 5) is 25.4. The maximum atomic E-state index is 12.8. The van der Waals surface area contributed by atoms with Gasteiger partial charge in [-0.25, -0.2) is 0 Å². The molecule has 3 nitrogen and oxygen atoms in total. The van der Waals surface area contributed by atoms with Gasteiger partial charge in [0.2, 0.25) is 5.91 Å². The van der Waals surface area contributed by atoms with Crippen molar-refractivity contribution in [3.63, 3.8) is 0 Å². The Balaban J connectivity index is 1.57. The Morgan fingerprint density at radius 2 is 1.65 bits per heavy atom. The second-order valence-corrected chi connectivity index (χ2v) is 8.19. The number of benzene rings is 2. The van der Waals surface area contributed by atoms with Crippen molar-refractivity contribution >= 4 is 17.4 Å². The van der Waals surface area contributed by atoms with Crippen molar-refractivity contribution < 1.29 is 9.59 Å². The summed E-state index contributed by atoms with van der Waals surface area (Å²) >= 11 is 0. The summed E-state index contributed by atoms with van der Waals surface area (Å²) < 4.78 is 0. The van der Waals surface area contributed by atoms with Crippen LogP contribution in [0.4, 0.5) is 5.69 Å². The van der Waals surface area contributed by atoms with Gasteiger partial charge in [-0.1, -0.05) is 55.8 Å². The monoisotopic (exact) mass is 345 g/mol. The summed E-state index contributed by atoms with van der Waals surface area (Å²) in [6.07, 6.45) is 2.19. The molecule has 2 unspecified atom stereocenters. The summed E-state index contributed by atoms with van der Waals surface area (Å²) in [7, 11) is 0. The van der Waals surface area contributed by atoms with Crippen molar-refractivity contribution in [2.24, 2.45) is 17.3 Å². The van der Waals surface area contributed by atoms with E-state index in [1.165, 1.54) is 5.57 Å². The first-order valence-electron chi connectivity index (χ1n) is 9.04. The van der Waals surface area contributed by atoms with Crippen molar-refractivity contribution in [1.82, 2.24) is 0 Å². The molecule has 132 valence electrons. The molecule has 0 saturated heterocycles. The number of carbonyl (C=O) groups is 2. The average molecular weight is 345 g/mol. The molecule has 1 fully saturated rings. The van der Waals surface area contributed by atoms with Crippen molar-refractivity contribution in [2.75, 3.05) is 5.32 Å². The first-order chi connectivity index (χ1) is 12.3. The summed E-state index contributed by atoms with van der Waals surface area (Å²) in [5.74, 6) is 0.299. The molecule has 0 bridgehead atoms. The van der Waals surface area contributed by atoms with Gasteiger partial charge >= 0.3 is 0 Å². The summed E-state index contributed by atoms with van der Waals surface area (Å²) in [6.45, 7) is 8.38. The molecular weight excluding hydrogens is 322 g/mol. The van der Waals surface area contributed by atoms with Crippen LogP contribution in [0, 0.1) is 17.3 Å². The quantitative estimate of drug-likeness (QED) is 0.673. The Morgan fingerprint density at radius 3 is 2.35 bits per heavy atom. The van der Waals surface area contributed by atoms with E-state index in [2.05, 4.69) is 39.1 Å². The molecule has 2 aromatic carbocycles. The number of hydrogen-bond donors (Lipinski definition) is 1. The number of hydrogen-bond acceptors (Lipinski definition) is 2. The normalized spacial score (nSPS) is 21.6. The zero-order valence-electron chi connectivity index (χ0n) is 15.6. The van der Waals surface area contributed by atoms with E-state index in [0.29, 0.717) is 11.3 Å². The number of fused-ring (bicyclic) bond motifs is 3. The fourth-order valence-electron chi connectivity index (χ4n) is 4.17. The molecule has 2 aromatic rings. The molecule has 0 heterocycles. The lowest BCUT2D eigenvalue weighted by atomic mass is 10.1. The Kier molecular flexibility index (Phi) is 3.65. The lowest BCUT2D eigenvalue weighted by molar-refractivity contribution is -0.118. The van der Waals surface area contributed by atoms with Gasteiger partial charge in [0.05, 0.1) is 5.92 Å². The minimum absolute atomic E-state index is 0.0237. The predicted octanol–water partition coefficient (Wildman–Crippen LogP) is 5.07. The molecule has 1 N–H and O–H groups in total. The number of allylic oxidation sites excluding steroid dienone is 2. The third-order valence-corrected chi connectivity index (χ3v) is 5.70. The van der Waals surface area contributed by atoms with E-state index in [-0.39, 0.29) is 28.9 Å². The maximum Gasteiger partial charge on any atom is 0.228 e. The van der Waals surface area contributed by atoms with Crippen LogP contribution in [-0.4, -0.2) is 11.7 Å². The van der Waals surface area contributed by atoms with Crippen LogP contribution in [0.5, 0.6) is 0 Å². The zero-order chi connectivity index (χ0) is 18.6. The molecule has 3 heteroatoms. The minimum atomic E-state index is -0.0291. The van der Waals surface area contributed by atoms with Gasteiger partial charge < -0.3 is 5.32 Å². The molecule has 0 aromatic heterocycles. The summed E-state index contributed by atoms with van der Waals surface area (Å²) in [5, 5.41) is 3.02. The first kappa shape index (κ1) is 16.8. The lowest BCUT2D eigenvalue weighted by Gasteiger charge is -2.08. The zero-order valence-corrected chi connectivity index (χ0v) is 15.6. The van der Waals surface area contributed by atoms with E-state index < -0.39 is 0 Å². The molecule has 1 amide bonds. The standard InChI is InChI=1S/C23H23NO2/c1-13(2)11-19-20(23(19,3)4)22(26)24-14-9-10-16-15-7-5-6-8-17(15)21(25)18(16)12-14/h5-12,19-20H,1-4H3,(H,24,26). The molecular formula is C23H23NO2. The van der Waals surface area contributed by atoms with Crippen LogP contribution in [0.25, 0.3) is 11.1 Å². The average Bonchev–Trinajstić information content (AvgIpc) is 3.00. The highest BCUT2D eigenvalue weighted by Gasteiger charge is 2.60. The van der Waals surface area contributed by atoms with Gasteiger partial charge in [-0.15, -0.1) is 0 Å². The Bertz CT molecular complexity index is 964. The first-order valence-corrected chi connectivity index (χ1v) is 9.04. The van der Waals surface area contributed by atoms with Crippen LogP contribution in [-0.2, 0) is 4.79 Å².